The van der Waals surface area contributed by atoms with Gasteiger partial charge in [-0.05, 0) is 67.1 Å². The van der Waals surface area contributed by atoms with Crippen molar-refractivity contribution in [1.29, 1.82) is 0 Å². The minimum Gasteiger partial charge on any atom is -0.480 e. The van der Waals surface area contributed by atoms with Crippen LogP contribution in [-0.4, -0.2) is 187 Å². The Hall–Kier alpha value is -5.92. The molecule has 6 rings (SSSR count). The minimum atomic E-state index is -1.08. The number of amides is 1. The van der Waals surface area contributed by atoms with Crippen LogP contribution < -0.4 is 19.5 Å². The first-order chi connectivity index (χ1) is 33.5. The van der Waals surface area contributed by atoms with E-state index in [1.165, 1.54) is 10.9 Å². The van der Waals surface area contributed by atoms with Crippen LogP contribution in [0, 0.1) is 0 Å². The molecule has 19 heteroatoms. The van der Waals surface area contributed by atoms with Gasteiger partial charge >= 0.3 is 23.9 Å². The molecule has 3 heterocycles. The fourth-order valence-electron chi connectivity index (χ4n) is 9.37. The summed E-state index contributed by atoms with van der Waals surface area (Å²) in [6, 6.07) is 25.5. The number of fused-ring (bicyclic) bond motifs is 2. The van der Waals surface area contributed by atoms with E-state index in [1.807, 2.05) is 37.4 Å². The second-order valence-electron chi connectivity index (χ2n) is 19.1. The van der Waals surface area contributed by atoms with E-state index in [0.29, 0.717) is 18.5 Å². The van der Waals surface area contributed by atoms with Gasteiger partial charge in [0.15, 0.2) is 18.5 Å². The van der Waals surface area contributed by atoms with Gasteiger partial charge in [0.25, 0.3) is 0 Å². The Kier molecular flexibility index (Phi) is 21.3. The van der Waals surface area contributed by atoms with Crippen LogP contribution in [0.2, 0.25) is 0 Å². The van der Waals surface area contributed by atoms with Crippen LogP contribution in [0.4, 0.5) is 11.4 Å². The molecule has 2 aliphatic heterocycles. The molecule has 2 aliphatic rings. The van der Waals surface area contributed by atoms with Crippen LogP contribution in [-0.2, 0) is 54.0 Å². The summed E-state index contributed by atoms with van der Waals surface area (Å²) in [5.74, 6) is -2.69. The van der Waals surface area contributed by atoms with Crippen molar-refractivity contribution in [3.8, 4) is 5.75 Å². The van der Waals surface area contributed by atoms with Crippen LogP contribution in [0.1, 0.15) is 43.2 Å². The maximum atomic E-state index is 13.0. The summed E-state index contributed by atoms with van der Waals surface area (Å²) < 4.78 is 9.38. The molecule has 0 bridgehead atoms. The van der Waals surface area contributed by atoms with Crippen LogP contribution in [0.3, 0.4) is 0 Å². The number of anilines is 2. The van der Waals surface area contributed by atoms with Gasteiger partial charge in [0.2, 0.25) is 17.3 Å². The Bertz CT molecular complexity index is 2470. The van der Waals surface area contributed by atoms with E-state index < -0.39 is 29.9 Å². The van der Waals surface area contributed by atoms with E-state index in [0.717, 1.165) is 78.2 Å². The average Bonchev–Trinajstić information content (AvgIpc) is 3.62. The van der Waals surface area contributed by atoms with Gasteiger partial charge in [-0.25, -0.2) is 0 Å². The number of aromatic nitrogens is 1. The standard InChI is InChI=1S/C52H68N8O10.Cu/c1-54-45-14-8-9-15-46(45)70-48(54)33-40-21-23-58(44-13-7-6-12-43(40)44)22-11-31-60(2,3)30-10-4-5-16-47(61)53-41-19-17-39(18-20-41)32-42-34-57(37-51(66)67)27-26-55(35-49(62)63)24-25-56(36-50(64)65)28-29-59(42)38-52(68)69;/h6-9,12-15,17-21,23,33,42H,4-5,10-11,16,22,24-32,34-38H2,1-3H3,(H3-2,53,61,62,63,64,65,66,67,68,69);/p+2. The largest absolute Gasteiger partial charge is 0.480 e. The number of para-hydroxylation sites is 3. The molecule has 1 unspecified atom stereocenters. The van der Waals surface area contributed by atoms with Crippen molar-refractivity contribution in [2.45, 2.75) is 51.1 Å². The summed E-state index contributed by atoms with van der Waals surface area (Å²) in [6.07, 6.45) is 8.69. The molecule has 1 fully saturated rings. The number of hydrogen-bond donors (Lipinski definition) is 5. The second kappa shape index (κ2) is 27.1. The van der Waals surface area contributed by atoms with Gasteiger partial charge in [-0.3, -0.25) is 43.6 Å². The summed E-state index contributed by atoms with van der Waals surface area (Å²) in [5.41, 5.74) is 4.79. The molecule has 0 aliphatic carbocycles. The number of nitrogens with one attached hydrogen (secondary N) is 1. The molecule has 18 nitrogen and oxygen atoms in total. The number of pyridine rings is 1. The van der Waals surface area contributed by atoms with Gasteiger partial charge in [-0.2, -0.15) is 4.57 Å². The van der Waals surface area contributed by atoms with Gasteiger partial charge in [-0.1, -0.05) is 36.4 Å². The number of rotatable bonds is 22. The van der Waals surface area contributed by atoms with Gasteiger partial charge in [0.05, 0.1) is 70.9 Å². The Labute approximate surface area is 426 Å². The summed E-state index contributed by atoms with van der Waals surface area (Å²) in [7, 11) is 6.54. The number of carboxylic acids is 4. The SMILES string of the molecule is CN1/C(=C/c2cc[n+](CCC[N+](C)(C)CCCCCC(=O)Nc3ccc(CC4CN(CC(=O)O)CCN(CC(=O)O)CCN(CC(=O)O)CCN4CC(=O)O)cc3)c3ccccc23)Oc2ccccc21.[Cu]. The molecule has 0 spiro atoms. The van der Waals surface area contributed by atoms with Crippen molar-refractivity contribution in [3.63, 3.8) is 0 Å². The topological polar surface area (TPSA) is 208 Å². The number of hydrogen-bond acceptors (Lipinski definition) is 11. The Morgan fingerprint density at radius 1 is 0.704 bits per heavy atom. The number of carbonyl (C=O) groups is 5. The molecule has 0 saturated carbocycles. The van der Waals surface area contributed by atoms with Gasteiger partial charge in [0.1, 0.15) is 0 Å². The zero-order chi connectivity index (χ0) is 50.2. The molecule has 1 saturated heterocycles. The number of carboxylic acid groups (broad SMARTS) is 4. The summed E-state index contributed by atoms with van der Waals surface area (Å²) >= 11 is 0. The Morgan fingerprint density at radius 3 is 1.96 bits per heavy atom. The maximum absolute atomic E-state index is 13.0. The molecule has 1 radical (unpaired) electrons. The molecule has 5 N–H and O–H groups in total. The van der Waals surface area contributed by atoms with Crippen LogP contribution >= 0.6 is 0 Å². The summed E-state index contributed by atoms with van der Waals surface area (Å²) in [6.45, 7) is 3.09. The van der Waals surface area contributed by atoms with Crippen molar-refractivity contribution in [3.05, 3.63) is 102 Å². The van der Waals surface area contributed by atoms with Crippen molar-refractivity contribution in [2.24, 2.45) is 0 Å². The predicted octanol–water partition coefficient (Wildman–Crippen LogP) is 4.09. The third-order valence-electron chi connectivity index (χ3n) is 13.1. The molecule has 1 atom stereocenters. The molecular weight excluding hydrogens is 960 g/mol. The Balaban J connectivity index is 0.00000937. The number of aryl methyl sites for hydroxylation is 1. The first-order valence-electron chi connectivity index (χ1n) is 24.1. The molecule has 1 aromatic heterocycles. The number of ether oxygens (including phenoxy) is 1. The Morgan fingerprint density at radius 2 is 1.30 bits per heavy atom. The smallest absolute Gasteiger partial charge is 0.317 e. The van der Waals surface area contributed by atoms with Crippen molar-refractivity contribution in [1.82, 2.24) is 19.6 Å². The van der Waals surface area contributed by atoms with E-state index in [9.17, 15) is 44.4 Å². The zero-order valence-electron chi connectivity index (χ0n) is 41.1. The zero-order valence-corrected chi connectivity index (χ0v) is 42.0. The number of carbonyl (C=O) groups excluding carboxylic acids is 1. The number of unbranched alkanes of at least 4 members (excludes halogenated alkanes) is 2. The monoisotopic (exact) mass is 1030 g/mol. The molecule has 387 valence electrons. The first-order valence-corrected chi connectivity index (χ1v) is 24.1. The predicted molar refractivity (Wildman–Crippen MR) is 267 cm³/mol. The average molecular weight is 1030 g/mol. The molecule has 4 aromatic rings. The van der Waals surface area contributed by atoms with Crippen LogP contribution in [0.5, 0.6) is 5.75 Å². The number of nitrogens with zero attached hydrogens (tertiary/aromatic N) is 7. The third-order valence-corrected chi connectivity index (χ3v) is 13.1. The molecule has 1 amide bonds. The van der Waals surface area contributed by atoms with E-state index in [2.05, 4.69) is 77.6 Å². The van der Waals surface area contributed by atoms with E-state index in [4.69, 9.17) is 4.74 Å². The molecule has 3 aromatic carbocycles. The number of aliphatic carboxylic acids is 4. The van der Waals surface area contributed by atoms with E-state index in [-0.39, 0.29) is 95.0 Å². The fourth-order valence-corrected chi connectivity index (χ4v) is 9.37. The third kappa shape index (κ3) is 17.7. The van der Waals surface area contributed by atoms with E-state index in [1.54, 1.807) is 31.7 Å². The number of benzene rings is 3. The summed E-state index contributed by atoms with van der Waals surface area (Å²) in [5, 5.41) is 42.9. The maximum Gasteiger partial charge on any atom is 0.317 e. The van der Waals surface area contributed by atoms with Crippen LogP contribution in [0.15, 0.2) is 90.9 Å². The van der Waals surface area contributed by atoms with Crippen molar-refractivity contribution < 1.29 is 75.3 Å². The van der Waals surface area contributed by atoms with Gasteiger partial charge in [-0.15, -0.1) is 0 Å². The normalized spacial score (nSPS) is 17.1. The fraction of sp³-hybridized carbons (Fsp3) is 0.462. The molecular formula is C52H70CuN8O10+2. The van der Waals surface area contributed by atoms with Crippen molar-refractivity contribution in [2.75, 3.05) is 116 Å². The van der Waals surface area contributed by atoms with Gasteiger partial charge in [0, 0.05) is 106 Å². The first kappa shape index (κ1) is 56.0. The summed E-state index contributed by atoms with van der Waals surface area (Å²) in [4.78, 5) is 69.3. The number of quaternary nitrogens is 1. The van der Waals surface area contributed by atoms with E-state index >= 15 is 0 Å². The van der Waals surface area contributed by atoms with Gasteiger partial charge < -0.3 is 39.9 Å². The minimum absolute atomic E-state index is 0. The van der Waals surface area contributed by atoms with Crippen LogP contribution in [0.25, 0.3) is 17.0 Å². The van der Waals surface area contributed by atoms with Crippen molar-refractivity contribution >= 4 is 58.1 Å². The quantitative estimate of drug-likeness (QED) is 0.0326. The second-order valence-corrected chi connectivity index (χ2v) is 19.1. The molecule has 71 heavy (non-hydrogen) atoms.